The summed E-state index contributed by atoms with van der Waals surface area (Å²) in [5.74, 6) is -0.0582. The molecule has 0 spiro atoms. The van der Waals surface area contributed by atoms with Crippen LogP contribution in [-0.2, 0) is 23.8 Å². The predicted molar refractivity (Wildman–Crippen MR) is 123 cm³/mol. The topological polar surface area (TPSA) is 61.8 Å². The van der Waals surface area contributed by atoms with E-state index >= 15 is 0 Å². The van der Waals surface area contributed by atoms with E-state index in [1.165, 1.54) is 18.7 Å². The summed E-state index contributed by atoms with van der Waals surface area (Å²) in [4.78, 5) is 22.5. The van der Waals surface area contributed by atoms with Crippen molar-refractivity contribution in [1.82, 2.24) is 0 Å². The molecule has 0 bridgehead atoms. The maximum absolute atomic E-state index is 11.3. The van der Waals surface area contributed by atoms with Gasteiger partial charge in [-0.25, -0.2) is 9.59 Å². The van der Waals surface area contributed by atoms with Crippen molar-refractivity contribution in [3.63, 3.8) is 0 Å². The molecule has 1 aromatic carbocycles. The molecule has 0 aliphatic heterocycles. The molecule has 0 unspecified atom stereocenters. The highest BCUT2D eigenvalue weighted by Gasteiger charge is 2.22. The number of hydrogen-bond donors (Lipinski definition) is 0. The van der Waals surface area contributed by atoms with Crippen LogP contribution in [0.5, 0.6) is 0 Å². The number of carbonyl (C=O) groups is 2. The molecule has 1 saturated carbocycles. The smallest absolute Gasteiger partial charge is 0.333 e. The molecule has 170 valence electrons. The highest BCUT2D eigenvalue weighted by atomic mass is 16.5. The van der Waals surface area contributed by atoms with Crippen LogP contribution in [0.1, 0.15) is 75.3 Å². The van der Waals surface area contributed by atoms with Crippen molar-refractivity contribution >= 4 is 18.0 Å². The van der Waals surface area contributed by atoms with Crippen LogP contribution in [0.3, 0.4) is 0 Å². The maximum atomic E-state index is 11.3. The lowest BCUT2D eigenvalue weighted by Crippen LogP contribution is -2.21. The summed E-state index contributed by atoms with van der Waals surface area (Å²) < 4.78 is 15.8. The number of rotatable bonds is 12. The summed E-state index contributed by atoms with van der Waals surface area (Å²) in [7, 11) is 1.38. The Hall–Kier alpha value is -2.40. The van der Waals surface area contributed by atoms with Crippen molar-refractivity contribution < 1.29 is 23.8 Å². The van der Waals surface area contributed by atoms with E-state index < -0.39 is 0 Å². The van der Waals surface area contributed by atoms with Crippen LogP contribution in [0.15, 0.2) is 42.5 Å². The van der Waals surface area contributed by atoms with Gasteiger partial charge in [0.2, 0.25) is 0 Å². The van der Waals surface area contributed by atoms with Crippen molar-refractivity contribution in [2.45, 2.75) is 70.3 Å². The molecular weight excluding hydrogens is 392 g/mol. The minimum absolute atomic E-state index is 0.301. The second-order valence-electron chi connectivity index (χ2n) is 8.20. The van der Waals surface area contributed by atoms with Crippen molar-refractivity contribution in [2.75, 3.05) is 20.3 Å². The van der Waals surface area contributed by atoms with Crippen molar-refractivity contribution in [1.29, 1.82) is 0 Å². The van der Waals surface area contributed by atoms with Crippen LogP contribution in [0.2, 0.25) is 0 Å². The van der Waals surface area contributed by atoms with Crippen LogP contribution in [-0.4, -0.2) is 38.4 Å². The molecule has 5 nitrogen and oxygen atoms in total. The minimum Gasteiger partial charge on any atom is -0.466 e. The molecule has 5 heteroatoms. The average Bonchev–Trinajstić information content (AvgIpc) is 2.79. The van der Waals surface area contributed by atoms with E-state index in [-0.39, 0.29) is 11.9 Å². The number of esters is 2. The van der Waals surface area contributed by atoms with Gasteiger partial charge in [0.1, 0.15) is 0 Å². The zero-order chi connectivity index (χ0) is 22.5. The van der Waals surface area contributed by atoms with Crippen LogP contribution in [0.25, 0.3) is 6.08 Å². The van der Waals surface area contributed by atoms with Crippen LogP contribution >= 0.6 is 0 Å². The molecule has 0 saturated heterocycles. The van der Waals surface area contributed by atoms with Gasteiger partial charge in [0.15, 0.2) is 0 Å². The van der Waals surface area contributed by atoms with Crippen LogP contribution in [0, 0.1) is 0 Å². The Balaban J connectivity index is 1.56. The zero-order valence-corrected chi connectivity index (χ0v) is 18.9. The molecule has 2 rings (SSSR count). The van der Waals surface area contributed by atoms with E-state index in [0.717, 1.165) is 63.5 Å². The lowest BCUT2D eigenvalue weighted by atomic mass is 9.82. The van der Waals surface area contributed by atoms with Crippen molar-refractivity contribution in [2.24, 2.45) is 0 Å². The van der Waals surface area contributed by atoms with Gasteiger partial charge in [-0.05, 0) is 75.0 Å². The Kier molecular flexibility index (Phi) is 11.1. The fraction of sp³-hybridized carbons (Fsp3) is 0.538. The SMILES string of the molecule is C=C(C)C(=O)OCCCCCCOC1CCC(c2ccc(C=CC(=O)OC)cc2)CC1. The lowest BCUT2D eigenvalue weighted by molar-refractivity contribution is -0.139. The lowest BCUT2D eigenvalue weighted by Gasteiger charge is -2.29. The zero-order valence-electron chi connectivity index (χ0n) is 18.9. The predicted octanol–water partition coefficient (Wildman–Crippen LogP) is 5.60. The van der Waals surface area contributed by atoms with E-state index in [4.69, 9.17) is 9.47 Å². The summed E-state index contributed by atoms with van der Waals surface area (Å²) in [5, 5.41) is 0. The van der Waals surface area contributed by atoms with Gasteiger partial charge < -0.3 is 14.2 Å². The third-order valence-electron chi connectivity index (χ3n) is 5.67. The summed E-state index contributed by atoms with van der Waals surface area (Å²) in [5.41, 5.74) is 2.81. The van der Waals surface area contributed by atoms with Gasteiger partial charge in [-0.3, -0.25) is 0 Å². The van der Waals surface area contributed by atoms with Crippen molar-refractivity contribution in [3.05, 3.63) is 53.6 Å². The molecule has 0 N–H and O–H groups in total. The van der Waals surface area contributed by atoms with E-state index in [1.54, 1.807) is 13.0 Å². The molecule has 0 amide bonds. The second-order valence-corrected chi connectivity index (χ2v) is 8.20. The second kappa shape index (κ2) is 13.8. The molecule has 0 aromatic heterocycles. The Morgan fingerprint density at radius 1 is 1.00 bits per heavy atom. The van der Waals surface area contributed by atoms with E-state index in [0.29, 0.717) is 24.2 Å². The van der Waals surface area contributed by atoms with Gasteiger partial charge in [-0.1, -0.05) is 37.3 Å². The Bertz CT molecular complexity index is 727. The normalized spacial score (nSPS) is 18.6. The van der Waals surface area contributed by atoms with Gasteiger partial charge in [-0.15, -0.1) is 0 Å². The first kappa shape index (κ1) is 24.9. The van der Waals surface area contributed by atoms with Crippen molar-refractivity contribution in [3.8, 4) is 0 Å². The number of methoxy groups -OCH3 is 1. The number of unbranched alkanes of at least 4 members (excludes halogenated alkanes) is 3. The number of ether oxygens (including phenoxy) is 3. The monoisotopic (exact) mass is 428 g/mol. The third-order valence-corrected chi connectivity index (χ3v) is 5.67. The van der Waals surface area contributed by atoms with Crippen LogP contribution in [0.4, 0.5) is 0 Å². The summed E-state index contributed by atoms with van der Waals surface area (Å²) in [6, 6.07) is 8.43. The highest BCUT2D eigenvalue weighted by Crippen LogP contribution is 2.34. The largest absolute Gasteiger partial charge is 0.466 e. The summed E-state index contributed by atoms with van der Waals surface area (Å²) >= 11 is 0. The molecule has 1 aromatic rings. The quantitative estimate of drug-likeness (QED) is 0.246. The number of hydrogen-bond acceptors (Lipinski definition) is 5. The third kappa shape index (κ3) is 9.52. The molecule has 0 radical (unpaired) electrons. The molecule has 0 heterocycles. The van der Waals surface area contributed by atoms with Gasteiger partial charge in [0.05, 0.1) is 19.8 Å². The first-order valence-corrected chi connectivity index (χ1v) is 11.3. The summed E-state index contributed by atoms with van der Waals surface area (Å²) in [6.07, 6.45) is 12.2. The first-order chi connectivity index (χ1) is 15.0. The van der Waals surface area contributed by atoms with Gasteiger partial charge in [-0.2, -0.15) is 0 Å². The molecule has 31 heavy (non-hydrogen) atoms. The fourth-order valence-corrected chi connectivity index (χ4v) is 3.77. The summed E-state index contributed by atoms with van der Waals surface area (Å²) in [6.45, 7) is 6.51. The Morgan fingerprint density at radius 2 is 1.65 bits per heavy atom. The van der Waals surface area contributed by atoms with Crippen LogP contribution < -0.4 is 0 Å². The average molecular weight is 429 g/mol. The number of benzene rings is 1. The Labute approximate surface area is 186 Å². The van der Waals surface area contributed by atoms with Gasteiger partial charge in [0, 0.05) is 18.3 Å². The maximum Gasteiger partial charge on any atom is 0.333 e. The molecule has 0 atom stereocenters. The molecule has 1 fully saturated rings. The van der Waals surface area contributed by atoms with E-state index in [9.17, 15) is 9.59 Å². The van der Waals surface area contributed by atoms with E-state index in [2.05, 4.69) is 35.6 Å². The number of carbonyl (C=O) groups excluding carboxylic acids is 2. The first-order valence-electron chi connectivity index (χ1n) is 11.3. The molecule has 1 aliphatic rings. The van der Waals surface area contributed by atoms with Gasteiger partial charge >= 0.3 is 11.9 Å². The molecular formula is C26H36O5. The van der Waals surface area contributed by atoms with E-state index in [1.807, 2.05) is 0 Å². The Morgan fingerprint density at radius 3 is 2.26 bits per heavy atom. The highest BCUT2D eigenvalue weighted by molar-refractivity contribution is 5.87. The van der Waals surface area contributed by atoms with Gasteiger partial charge in [0.25, 0.3) is 0 Å². The molecule has 1 aliphatic carbocycles. The minimum atomic E-state index is -0.341. The standard InChI is InChI=1S/C26H36O5/c1-20(2)26(28)31-19-7-5-4-6-18-30-24-15-13-23(14-16-24)22-11-8-21(9-12-22)10-17-25(27)29-3/h8-12,17,23-24H,1,4-7,13-16,18-19H2,2-3H3. The fourth-order valence-electron chi connectivity index (χ4n) is 3.77.